The van der Waals surface area contributed by atoms with Gasteiger partial charge in [-0.25, -0.2) is 0 Å². The molecular weight excluding hydrogens is 277 g/mol. The van der Waals surface area contributed by atoms with Crippen molar-refractivity contribution in [2.24, 2.45) is 5.73 Å². The van der Waals surface area contributed by atoms with E-state index in [-0.39, 0.29) is 12.6 Å². The summed E-state index contributed by atoms with van der Waals surface area (Å²) in [4.78, 5) is 1.27. The Kier molecular flexibility index (Phi) is 5.50. The molecule has 0 radical (unpaired) electrons. The minimum Gasteiger partial charge on any atom is -0.363 e. The molecule has 0 saturated carbocycles. The second kappa shape index (κ2) is 6.48. The van der Waals surface area contributed by atoms with E-state index in [1.54, 1.807) is 32.0 Å². The van der Waals surface area contributed by atoms with Crippen LogP contribution in [0.15, 0.2) is 18.2 Å². The number of halogens is 4. The summed E-state index contributed by atoms with van der Waals surface area (Å²) in [5.41, 5.74) is 6.91. The zero-order chi connectivity index (χ0) is 14.6. The van der Waals surface area contributed by atoms with Gasteiger partial charge in [0, 0.05) is 23.3 Å². The lowest BCUT2D eigenvalue weighted by atomic mass is 10.0. The predicted octanol–water partition coefficient (Wildman–Crippen LogP) is 3.62. The van der Waals surface area contributed by atoms with Gasteiger partial charge in [-0.05, 0) is 38.0 Å². The summed E-state index contributed by atoms with van der Waals surface area (Å²) in [5.74, 6) is 0. The summed E-state index contributed by atoms with van der Waals surface area (Å²) in [6, 6.07) is 4.81. The average molecular weight is 295 g/mol. The smallest absolute Gasteiger partial charge is 0.363 e. The summed E-state index contributed by atoms with van der Waals surface area (Å²) in [6.45, 7) is 2.75. The molecule has 1 unspecified atom stereocenters. The van der Waals surface area contributed by atoms with Crippen LogP contribution in [0.1, 0.15) is 19.4 Å². The molecular formula is C13H18ClF3N2. The third-order valence-corrected chi connectivity index (χ3v) is 3.07. The summed E-state index contributed by atoms with van der Waals surface area (Å²) < 4.78 is 37.7. The lowest BCUT2D eigenvalue weighted by Gasteiger charge is -2.27. The standard InChI is InChI=1S/C13H18ClF3N2/c1-3-19(8-13(15,16)17)12-6-4-5-11(14)10(12)7-9(2)18/h4-6,9H,3,7-8,18H2,1-2H3. The Balaban J connectivity index is 3.12. The normalized spacial score (nSPS) is 13.4. The number of hydrogen-bond donors (Lipinski definition) is 1. The van der Waals surface area contributed by atoms with Crippen molar-refractivity contribution in [3.8, 4) is 0 Å². The van der Waals surface area contributed by atoms with Gasteiger partial charge in [-0.15, -0.1) is 0 Å². The van der Waals surface area contributed by atoms with Crippen molar-refractivity contribution in [1.29, 1.82) is 0 Å². The molecule has 2 nitrogen and oxygen atoms in total. The van der Waals surface area contributed by atoms with Crippen LogP contribution in [0.3, 0.4) is 0 Å². The van der Waals surface area contributed by atoms with Gasteiger partial charge in [-0.1, -0.05) is 17.7 Å². The van der Waals surface area contributed by atoms with Crippen molar-refractivity contribution >= 4 is 17.3 Å². The summed E-state index contributed by atoms with van der Waals surface area (Å²) in [7, 11) is 0. The van der Waals surface area contributed by atoms with Gasteiger partial charge in [0.05, 0.1) is 0 Å². The van der Waals surface area contributed by atoms with Crippen molar-refractivity contribution < 1.29 is 13.2 Å². The minimum absolute atomic E-state index is 0.164. The highest BCUT2D eigenvalue weighted by Gasteiger charge is 2.31. The van der Waals surface area contributed by atoms with Crippen LogP contribution in [-0.4, -0.2) is 25.3 Å². The number of alkyl halides is 3. The Bertz CT molecular complexity index is 419. The number of nitrogens with two attached hydrogens (primary N) is 1. The Labute approximate surface area is 116 Å². The van der Waals surface area contributed by atoms with E-state index in [9.17, 15) is 13.2 Å². The first-order valence-corrected chi connectivity index (χ1v) is 6.47. The molecule has 1 rings (SSSR count). The summed E-state index contributed by atoms with van der Waals surface area (Å²) in [5, 5.41) is 0.454. The van der Waals surface area contributed by atoms with Crippen LogP contribution in [0.4, 0.5) is 18.9 Å². The molecule has 0 fully saturated rings. The van der Waals surface area contributed by atoms with Crippen molar-refractivity contribution in [1.82, 2.24) is 0 Å². The van der Waals surface area contributed by atoms with E-state index < -0.39 is 12.7 Å². The van der Waals surface area contributed by atoms with E-state index in [0.717, 1.165) is 0 Å². The van der Waals surface area contributed by atoms with E-state index in [4.69, 9.17) is 17.3 Å². The number of hydrogen-bond acceptors (Lipinski definition) is 2. The highest BCUT2D eigenvalue weighted by atomic mass is 35.5. The van der Waals surface area contributed by atoms with Gasteiger partial charge in [-0.3, -0.25) is 0 Å². The maximum absolute atomic E-state index is 12.6. The van der Waals surface area contributed by atoms with Gasteiger partial charge in [0.1, 0.15) is 6.54 Å². The second-order valence-corrected chi connectivity index (χ2v) is 4.96. The van der Waals surface area contributed by atoms with Gasteiger partial charge in [0.25, 0.3) is 0 Å². The highest BCUT2D eigenvalue weighted by Crippen LogP contribution is 2.30. The van der Waals surface area contributed by atoms with Gasteiger partial charge in [0.2, 0.25) is 0 Å². The summed E-state index contributed by atoms with van der Waals surface area (Å²) in [6.07, 6.45) is -3.80. The molecule has 19 heavy (non-hydrogen) atoms. The molecule has 0 amide bonds. The fourth-order valence-corrected chi connectivity index (χ4v) is 2.20. The number of benzene rings is 1. The zero-order valence-electron chi connectivity index (χ0n) is 11.0. The molecule has 0 aliphatic rings. The first-order valence-electron chi connectivity index (χ1n) is 6.09. The third-order valence-electron chi connectivity index (χ3n) is 2.71. The maximum Gasteiger partial charge on any atom is 0.405 e. The number of anilines is 1. The monoisotopic (exact) mass is 294 g/mol. The topological polar surface area (TPSA) is 29.3 Å². The van der Waals surface area contributed by atoms with Crippen LogP contribution in [0.25, 0.3) is 0 Å². The number of rotatable bonds is 5. The third kappa shape index (κ3) is 4.91. The SMILES string of the molecule is CCN(CC(F)(F)F)c1cccc(Cl)c1CC(C)N. The molecule has 0 spiro atoms. The molecule has 2 N–H and O–H groups in total. The molecule has 1 atom stereocenters. The first kappa shape index (κ1) is 16.1. The molecule has 0 aromatic heterocycles. The zero-order valence-corrected chi connectivity index (χ0v) is 11.7. The van der Waals surface area contributed by atoms with Crippen LogP contribution < -0.4 is 10.6 Å². The minimum atomic E-state index is -4.25. The van der Waals surface area contributed by atoms with E-state index in [2.05, 4.69) is 0 Å². The fourth-order valence-electron chi connectivity index (χ4n) is 1.95. The van der Waals surface area contributed by atoms with Gasteiger partial charge >= 0.3 is 6.18 Å². The van der Waals surface area contributed by atoms with Gasteiger partial charge < -0.3 is 10.6 Å². The Morgan fingerprint density at radius 2 is 2.00 bits per heavy atom. The van der Waals surface area contributed by atoms with E-state index in [1.807, 2.05) is 0 Å². The molecule has 0 aliphatic heterocycles. The van der Waals surface area contributed by atoms with Crippen molar-refractivity contribution in [3.63, 3.8) is 0 Å². The molecule has 6 heteroatoms. The van der Waals surface area contributed by atoms with Crippen LogP contribution in [0.2, 0.25) is 5.02 Å². The molecule has 0 heterocycles. The van der Waals surface area contributed by atoms with Crippen LogP contribution in [0.5, 0.6) is 0 Å². The quantitative estimate of drug-likeness (QED) is 0.899. The lowest BCUT2D eigenvalue weighted by molar-refractivity contribution is -0.119. The van der Waals surface area contributed by atoms with Crippen LogP contribution in [-0.2, 0) is 6.42 Å². The molecule has 0 bridgehead atoms. The van der Waals surface area contributed by atoms with E-state index in [0.29, 0.717) is 22.7 Å². The Hall–Kier alpha value is -0.940. The van der Waals surface area contributed by atoms with Crippen LogP contribution in [0, 0.1) is 0 Å². The van der Waals surface area contributed by atoms with E-state index >= 15 is 0 Å². The van der Waals surface area contributed by atoms with Crippen molar-refractivity contribution in [3.05, 3.63) is 28.8 Å². The maximum atomic E-state index is 12.6. The largest absolute Gasteiger partial charge is 0.405 e. The second-order valence-electron chi connectivity index (χ2n) is 4.55. The van der Waals surface area contributed by atoms with Gasteiger partial charge in [-0.2, -0.15) is 13.2 Å². The van der Waals surface area contributed by atoms with Gasteiger partial charge in [0.15, 0.2) is 0 Å². The lowest BCUT2D eigenvalue weighted by Crippen LogP contribution is -2.35. The molecule has 0 aliphatic carbocycles. The summed E-state index contributed by atoms with van der Waals surface area (Å²) >= 11 is 6.08. The van der Waals surface area contributed by atoms with E-state index in [1.165, 1.54) is 4.90 Å². The molecule has 108 valence electrons. The van der Waals surface area contributed by atoms with Crippen molar-refractivity contribution in [2.45, 2.75) is 32.5 Å². The highest BCUT2D eigenvalue weighted by molar-refractivity contribution is 6.31. The Morgan fingerprint density at radius 3 is 2.47 bits per heavy atom. The predicted molar refractivity (Wildman–Crippen MR) is 72.7 cm³/mol. The average Bonchev–Trinajstić information content (AvgIpc) is 2.27. The number of nitrogens with zero attached hydrogens (tertiary/aromatic N) is 1. The molecule has 0 saturated heterocycles. The van der Waals surface area contributed by atoms with Crippen molar-refractivity contribution in [2.75, 3.05) is 18.0 Å². The van der Waals surface area contributed by atoms with Crippen LogP contribution >= 0.6 is 11.6 Å². The first-order chi connectivity index (χ1) is 8.74. The Morgan fingerprint density at radius 1 is 1.37 bits per heavy atom. The fraction of sp³-hybridized carbons (Fsp3) is 0.538. The molecule has 1 aromatic carbocycles. The molecule has 1 aromatic rings.